The molecule has 9 amide bonds. The number of carbonyl (C=O) groups excluding carboxylic acids is 10. The maximum absolute atomic E-state index is 15.9. The van der Waals surface area contributed by atoms with Gasteiger partial charge in [-0.15, -0.1) is 0 Å². The molecule has 0 radical (unpaired) electrons. The van der Waals surface area contributed by atoms with Crippen LogP contribution in [-0.4, -0.2) is 177 Å². The second kappa shape index (κ2) is 27.7. The maximum Gasteiger partial charge on any atom is 0.407 e. The molecule has 0 aliphatic carbocycles. The number of aliphatic hydroxyl groups is 2. The van der Waals surface area contributed by atoms with Gasteiger partial charge in [0.2, 0.25) is 58.8 Å². The van der Waals surface area contributed by atoms with E-state index in [0.717, 1.165) is 0 Å². The Labute approximate surface area is 454 Å². The minimum absolute atomic E-state index is 0.0163. The molecular weight excluding hydrogens is 1040 g/mol. The van der Waals surface area contributed by atoms with E-state index in [0.29, 0.717) is 31.1 Å². The molecule has 10 atom stereocenters. The van der Waals surface area contributed by atoms with Crippen molar-refractivity contribution in [2.24, 2.45) is 17.6 Å². The van der Waals surface area contributed by atoms with Gasteiger partial charge in [-0.3, -0.25) is 47.4 Å². The van der Waals surface area contributed by atoms with Gasteiger partial charge in [0.1, 0.15) is 40.5 Å². The van der Waals surface area contributed by atoms with Gasteiger partial charge in [0, 0.05) is 49.6 Å². The number of nitrogens with zero attached hydrogens (tertiary/aromatic N) is 1. The minimum Gasteiger partial charge on any atom is -0.465 e. The number of aromatic nitrogens is 1. The van der Waals surface area contributed by atoms with Gasteiger partial charge in [0.15, 0.2) is 0 Å². The van der Waals surface area contributed by atoms with Crippen molar-refractivity contribution in [3.05, 3.63) is 23.8 Å². The van der Waals surface area contributed by atoms with Crippen LogP contribution in [0.4, 0.5) is 4.79 Å². The summed E-state index contributed by atoms with van der Waals surface area (Å²) >= 11 is 0. The summed E-state index contributed by atoms with van der Waals surface area (Å²) in [5.41, 5.74) is 3.34. The van der Waals surface area contributed by atoms with Gasteiger partial charge in [-0.2, -0.15) is 0 Å². The molecule has 7 heterocycles. The van der Waals surface area contributed by atoms with Crippen LogP contribution in [0.5, 0.6) is 5.75 Å². The lowest BCUT2D eigenvalue weighted by atomic mass is 9.90. The number of ether oxygens (including phenoxy) is 2. The lowest BCUT2D eigenvalue weighted by Gasteiger charge is -2.45. The molecule has 2 saturated heterocycles. The van der Waals surface area contributed by atoms with E-state index in [4.69, 9.17) is 15.2 Å². The van der Waals surface area contributed by atoms with Crippen LogP contribution in [0.2, 0.25) is 0 Å². The molecule has 8 rings (SSSR count). The van der Waals surface area contributed by atoms with Gasteiger partial charge < -0.3 is 72.9 Å². The van der Waals surface area contributed by atoms with Gasteiger partial charge in [0.25, 0.3) is 0 Å². The van der Waals surface area contributed by atoms with E-state index < -0.39 is 162 Å². The average molecular weight is 1120 g/mol. The highest BCUT2D eigenvalue weighted by Gasteiger charge is 2.55. The summed E-state index contributed by atoms with van der Waals surface area (Å²) < 4.78 is 25.9. The zero-order valence-corrected chi connectivity index (χ0v) is 46.1. The first kappa shape index (κ1) is 62.1. The van der Waals surface area contributed by atoms with Crippen molar-refractivity contribution < 1.29 is 71.8 Å². The van der Waals surface area contributed by atoms with E-state index in [1.54, 1.807) is 40.7 Å². The van der Waals surface area contributed by atoms with Crippen LogP contribution in [0.25, 0.3) is 10.9 Å². The Balaban J connectivity index is 1.74. The molecule has 27 heteroatoms. The Morgan fingerprint density at radius 2 is 1.55 bits per heavy atom. The van der Waals surface area contributed by atoms with Crippen LogP contribution in [0.3, 0.4) is 0 Å². The second-order valence-corrected chi connectivity index (χ2v) is 22.4. The number of primary amides is 1. The summed E-state index contributed by atoms with van der Waals surface area (Å²) in [6.07, 6.45) is 0.0684. The molecular formula is C51H77N11O15S. The second-order valence-electron chi connectivity index (χ2n) is 21.1. The van der Waals surface area contributed by atoms with Gasteiger partial charge in [0.05, 0.1) is 61.1 Å². The van der Waals surface area contributed by atoms with Crippen LogP contribution in [0, 0.1) is 11.8 Å². The Morgan fingerprint density at radius 3 is 2.22 bits per heavy atom. The first-order valence-corrected chi connectivity index (χ1v) is 27.9. The van der Waals surface area contributed by atoms with E-state index in [1.807, 2.05) is 0 Å². The number of aromatic amines is 1. The molecule has 0 spiro atoms. The largest absolute Gasteiger partial charge is 0.465 e. The summed E-state index contributed by atoms with van der Waals surface area (Å²) in [5, 5.41) is 42.1. The van der Waals surface area contributed by atoms with Gasteiger partial charge in [-0.1, -0.05) is 40.0 Å². The summed E-state index contributed by atoms with van der Waals surface area (Å²) in [5.74, 6) is -9.91. The number of amides is 9. The van der Waals surface area contributed by atoms with Crippen molar-refractivity contribution in [2.45, 2.75) is 158 Å². The highest BCUT2D eigenvalue weighted by molar-refractivity contribution is 7.84. The van der Waals surface area contributed by atoms with E-state index in [2.05, 4.69) is 47.5 Å². The van der Waals surface area contributed by atoms with E-state index in [9.17, 15) is 52.8 Å². The van der Waals surface area contributed by atoms with E-state index in [1.165, 1.54) is 30.2 Å². The van der Waals surface area contributed by atoms with Crippen LogP contribution >= 0.6 is 0 Å². The monoisotopic (exact) mass is 1120 g/mol. The lowest BCUT2D eigenvalue weighted by Crippen LogP contribution is -2.68. The quantitative estimate of drug-likeness (QED) is 0.0881. The summed E-state index contributed by atoms with van der Waals surface area (Å²) in [6, 6.07) is -3.01. The molecule has 26 nitrogen and oxygen atoms in total. The highest BCUT2D eigenvalue weighted by Crippen LogP contribution is 2.38. The third-order valence-electron chi connectivity index (χ3n) is 14.0. The summed E-state index contributed by atoms with van der Waals surface area (Å²) in [7, 11) is -1.80. The first-order chi connectivity index (χ1) is 36.8. The molecule has 2 fully saturated rings. The number of rotatable bonds is 15. The predicted molar refractivity (Wildman–Crippen MR) is 282 cm³/mol. The van der Waals surface area contributed by atoms with Crippen molar-refractivity contribution in [1.29, 1.82) is 0 Å². The zero-order valence-electron chi connectivity index (χ0n) is 45.3. The molecule has 6 aliphatic rings. The predicted octanol–water partition coefficient (Wildman–Crippen LogP) is -1.74. The van der Waals surface area contributed by atoms with Crippen LogP contribution in [-0.2, 0) is 65.1 Å². The van der Waals surface area contributed by atoms with Crippen molar-refractivity contribution in [3.8, 4) is 5.75 Å². The fraction of sp³-hybridized carbons (Fsp3) is 0.647. The van der Waals surface area contributed by atoms with Gasteiger partial charge in [-0.25, -0.2) is 9.69 Å². The fourth-order valence-electron chi connectivity index (χ4n) is 9.72. The number of hydrogen-bond donors (Lipinski definition) is 12. The first-order valence-electron chi connectivity index (χ1n) is 26.3. The number of ketones is 1. The number of benzene rings is 1. The fourth-order valence-corrected chi connectivity index (χ4v) is 10.5. The van der Waals surface area contributed by atoms with Gasteiger partial charge >= 0.3 is 6.09 Å². The number of nitrogens with two attached hydrogens (primary N) is 1. The van der Waals surface area contributed by atoms with Crippen LogP contribution in [0.15, 0.2) is 23.2 Å². The Hall–Kier alpha value is -6.71. The summed E-state index contributed by atoms with van der Waals surface area (Å²) in [6.45, 7) is 7.23. The number of alkyl carbamates (subject to hydrolysis) is 1. The molecule has 432 valence electrons. The smallest absolute Gasteiger partial charge is 0.407 e. The van der Waals surface area contributed by atoms with Crippen molar-refractivity contribution in [3.63, 3.8) is 0 Å². The highest BCUT2D eigenvalue weighted by atomic mass is 32.2. The topological polar surface area (TPSA) is 388 Å². The standard InChI is InChI=1S/C51H77N11O15S/c1-8-27(2)41-46(72)56-23-38(66)54-24-39(67)57-33(22-37(52)65)43(69)51(17-11-9-10-12-18-53-49(74)77-50(4,5)6)62-19-13-14-35(62)45(71)61-42(28(3)36(64)26-63)47(73)58-34(44(70)55-25-40(68)60-41)21-31-30-16-15-29(76-51)20-32(30)59-48(31)78(7)75/h15-16,20,27-28,33-36,41-42,59,63-64H,8-14,17-19,21-26H2,1-7H3,(H2,52,65)(H,53,74)(H,54,66)(H,55,70)(H,56,72)(H,57,67)(H,58,73)(H,60,68)(H,61,71). The third kappa shape index (κ3) is 16.4. The van der Waals surface area contributed by atoms with E-state index in [-0.39, 0.29) is 67.0 Å². The number of hydrogen-bond acceptors (Lipinski definition) is 16. The molecule has 1 aromatic carbocycles. The molecule has 2 aromatic rings. The number of unbranched alkanes of at least 4 members (excludes halogenated alkanes) is 3. The molecule has 10 unspecified atom stereocenters. The molecule has 13 N–H and O–H groups in total. The molecule has 0 saturated carbocycles. The Morgan fingerprint density at radius 1 is 0.885 bits per heavy atom. The van der Waals surface area contributed by atoms with Crippen molar-refractivity contribution >= 4 is 80.8 Å². The van der Waals surface area contributed by atoms with Crippen LogP contribution in [0.1, 0.15) is 105 Å². The number of aliphatic hydroxyl groups excluding tert-OH is 2. The average Bonchev–Trinajstić information content (AvgIpc) is 4.10. The third-order valence-corrected chi connectivity index (χ3v) is 15.0. The van der Waals surface area contributed by atoms with Gasteiger partial charge in [-0.05, 0) is 70.1 Å². The minimum atomic E-state index is -2.26. The number of Topliss-reactive ketones (excluding diaryl/α,β-unsaturated/α-hetero) is 1. The molecule has 6 aliphatic heterocycles. The van der Waals surface area contributed by atoms with Crippen LogP contribution < -0.4 is 53.0 Å². The van der Waals surface area contributed by atoms with Crippen molar-refractivity contribution in [2.75, 3.05) is 45.6 Å². The zero-order chi connectivity index (χ0) is 57.6. The number of nitrogens with one attached hydrogen (secondary N) is 9. The molecule has 1 aromatic heterocycles. The SMILES string of the molecule is CCC(C)C1NC(=O)CNC(=O)C2Cc3c(S(C)=O)[nH]c4cc(ccc34)OC(CCCCCCNC(=O)OC(C)(C)C)(C(=O)C(CC(N)=O)NC(=O)CNC(=O)CNC1=O)N1CCCC1C(=O)NC(C(C)C(O)CO)C(=O)N2. The maximum atomic E-state index is 15.9. The normalized spacial score (nSPS) is 25.2. The molecule has 6 bridgehead atoms. The Kier molecular flexibility index (Phi) is 22.1. The lowest BCUT2D eigenvalue weighted by molar-refractivity contribution is -0.165. The number of carbonyl (C=O) groups is 10. The molecule has 78 heavy (non-hydrogen) atoms. The summed E-state index contributed by atoms with van der Waals surface area (Å²) in [4.78, 5) is 144. The van der Waals surface area contributed by atoms with Crippen molar-refractivity contribution in [1.82, 2.24) is 52.4 Å². The Bertz CT molecular complexity index is 2590. The van der Waals surface area contributed by atoms with E-state index >= 15 is 9.59 Å². The number of H-pyrrole nitrogens is 1.